The number of anilines is 1. The third-order valence-electron chi connectivity index (χ3n) is 4.82. The van der Waals surface area contributed by atoms with E-state index in [9.17, 15) is 4.39 Å². The van der Waals surface area contributed by atoms with Gasteiger partial charge in [-0.1, -0.05) is 19.8 Å². The SMILES string of the molecule is CCC1CSC(c2cc3cc(F)cc(NC4CCCC4)c3[nH]2)=N1. The molecule has 2 aromatic rings. The van der Waals surface area contributed by atoms with Crippen molar-refractivity contribution < 1.29 is 4.39 Å². The van der Waals surface area contributed by atoms with Crippen LogP contribution in [-0.4, -0.2) is 27.9 Å². The van der Waals surface area contributed by atoms with Gasteiger partial charge in [0, 0.05) is 17.2 Å². The Morgan fingerprint density at radius 2 is 2.13 bits per heavy atom. The first-order chi connectivity index (χ1) is 11.2. The highest BCUT2D eigenvalue weighted by molar-refractivity contribution is 8.14. The zero-order valence-corrected chi connectivity index (χ0v) is 14.2. The van der Waals surface area contributed by atoms with E-state index in [1.807, 2.05) is 6.07 Å². The minimum atomic E-state index is -0.184. The average Bonchev–Trinajstić information content (AvgIpc) is 3.26. The number of hydrogen-bond acceptors (Lipinski definition) is 3. The van der Waals surface area contributed by atoms with E-state index in [2.05, 4.69) is 17.2 Å². The van der Waals surface area contributed by atoms with Gasteiger partial charge in [0.25, 0.3) is 0 Å². The van der Waals surface area contributed by atoms with E-state index < -0.39 is 0 Å². The van der Waals surface area contributed by atoms with Crippen molar-refractivity contribution in [3.05, 3.63) is 29.7 Å². The number of aliphatic imine (C=N–C) groups is 1. The lowest BCUT2D eigenvalue weighted by atomic mass is 10.2. The second-order valence-electron chi connectivity index (χ2n) is 6.53. The molecule has 1 aromatic heterocycles. The molecule has 1 fully saturated rings. The quantitative estimate of drug-likeness (QED) is 0.833. The van der Waals surface area contributed by atoms with E-state index in [0.717, 1.165) is 39.5 Å². The Morgan fingerprint density at radius 3 is 2.87 bits per heavy atom. The van der Waals surface area contributed by atoms with E-state index in [4.69, 9.17) is 4.99 Å². The number of benzene rings is 1. The molecular formula is C18H22FN3S. The lowest BCUT2D eigenvalue weighted by molar-refractivity contribution is 0.629. The maximum absolute atomic E-state index is 14.0. The van der Waals surface area contributed by atoms with Crippen molar-refractivity contribution >= 4 is 33.4 Å². The summed E-state index contributed by atoms with van der Waals surface area (Å²) in [4.78, 5) is 8.23. The molecule has 5 heteroatoms. The Bertz CT molecular complexity index is 746. The largest absolute Gasteiger partial charge is 0.381 e. The number of H-pyrrole nitrogens is 1. The second-order valence-corrected chi connectivity index (χ2v) is 7.54. The Morgan fingerprint density at radius 1 is 1.30 bits per heavy atom. The summed E-state index contributed by atoms with van der Waals surface area (Å²) >= 11 is 1.79. The van der Waals surface area contributed by atoms with Gasteiger partial charge in [0.2, 0.25) is 0 Å². The predicted molar refractivity (Wildman–Crippen MR) is 97.2 cm³/mol. The minimum absolute atomic E-state index is 0.184. The van der Waals surface area contributed by atoms with Crippen molar-refractivity contribution in [2.45, 2.75) is 51.1 Å². The molecule has 1 aliphatic heterocycles. The Kier molecular flexibility index (Phi) is 4.05. The third kappa shape index (κ3) is 2.99. The number of nitrogens with one attached hydrogen (secondary N) is 2. The molecule has 1 aliphatic carbocycles. The maximum Gasteiger partial charge on any atom is 0.126 e. The van der Waals surface area contributed by atoms with E-state index in [0.29, 0.717) is 12.1 Å². The first-order valence-electron chi connectivity index (χ1n) is 8.52. The number of rotatable bonds is 4. The van der Waals surface area contributed by atoms with Crippen LogP contribution in [0.4, 0.5) is 10.1 Å². The Balaban J connectivity index is 1.70. The fourth-order valence-electron chi connectivity index (χ4n) is 3.50. The second kappa shape index (κ2) is 6.19. The van der Waals surface area contributed by atoms with Crippen molar-refractivity contribution in [1.82, 2.24) is 4.98 Å². The normalized spacial score (nSPS) is 22.0. The van der Waals surface area contributed by atoms with Crippen molar-refractivity contribution in [3.63, 3.8) is 0 Å². The molecule has 2 N–H and O–H groups in total. The van der Waals surface area contributed by atoms with E-state index in [1.165, 1.54) is 25.7 Å². The molecule has 2 aliphatic rings. The van der Waals surface area contributed by atoms with Crippen LogP contribution in [0.3, 0.4) is 0 Å². The van der Waals surface area contributed by atoms with Gasteiger partial charge in [-0.15, -0.1) is 11.8 Å². The molecule has 122 valence electrons. The summed E-state index contributed by atoms with van der Waals surface area (Å²) < 4.78 is 14.0. The van der Waals surface area contributed by atoms with Gasteiger partial charge in [0.15, 0.2) is 0 Å². The fraction of sp³-hybridized carbons (Fsp3) is 0.500. The van der Waals surface area contributed by atoms with Crippen LogP contribution >= 0.6 is 11.8 Å². The highest BCUT2D eigenvalue weighted by Gasteiger charge is 2.21. The number of fused-ring (bicyclic) bond motifs is 1. The van der Waals surface area contributed by atoms with Gasteiger partial charge in [0.1, 0.15) is 10.9 Å². The topological polar surface area (TPSA) is 40.2 Å². The van der Waals surface area contributed by atoms with Crippen molar-refractivity contribution in [1.29, 1.82) is 0 Å². The summed E-state index contributed by atoms with van der Waals surface area (Å²) in [5.41, 5.74) is 2.89. The molecule has 0 bridgehead atoms. The van der Waals surface area contributed by atoms with Crippen LogP contribution in [0.1, 0.15) is 44.7 Å². The zero-order valence-electron chi connectivity index (χ0n) is 13.4. The summed E-state index contributed by atoms with van der Waals surface area (Å²) in [6.07, 6.45) is 5.94. The molecule has 1 atom stereocenters. The van der Waals surface area contributed by atoms with Crippen LogP contribution in [0, 0.1) is 5.82 Å². The van der Waals surface area contributed by atoms with Gasteiger partial charge in [-0.05, 0) is 37.5 Å². The summed E-state index contributed by atoms with van der Waals surface area (Å²) in [5, 5.41) is 5.51. The van der Waals surface area contributed by atoms with Crippen LogP contribution in [0.2, 0.25) is 0 Å². The van der Waals surface area contributed by atoms with Crippen molar-refractivity contribution in [2.75, 3.05) is 11.1 Å². The Hall–Kier alpha value is -1.49. The van der Waals surface area contributed by atoms with Gasteiger partial charge in [0.05, 0.1) is 22.9 Å². The predicted octanol–water partition coefficient (Wildman–Crippen LogP) is 4.93. The minimum Gasteiger partial charge on any atom is -0.381 e. The van der Waals surface area contributed by atoms with Crippen molar-refractivity contribution in [2.24, 2.45) is 4.99 Å². The monoisotopic (exact) mass is 331 g/mol. The van der Waals surface area contributed by atoms with Gasteiger partial charge in [-0.2, -0.15) is 0 Å². The summed E-state index contributed by atoms with van der Waals surface area (Å²) in [6, 6.07) is 6.12. The number of halogens is 1. The van der Waals surface area contributed by atoms with E-state index in [-0.39, 0.29) is 5.82 Å². The number of thioether (sulfide) groups is 1. The standard InChI is InChI=1S/C18H22FN3S/c1-2-13-10-23-18(21-13)16-8-11-7-12(19)9-15(17(11)22-16)20-14-5-3-4-6-14/h7-9,13-14,20,22H,2-6,10H2,1H3. The Labute approximate surface area is 140 Å². The molecule has 0 saturated heterocycles. The average molecular weight is 331 g/mol. The van der Waals surface area contributed by atoms with E-state index in [1.54, 1.807) is 23.9 Å². The summed E-state index contributed by atoms with van der Waals surface area (Å²) in [6.45, 7) is 2.17. The highest BCUT2D eigenvalue weighted by Crippen LogP contribution is 2.32. The molecule has 1 aromatic carbocycles. The molecule has 1 saturated carbocycles. The lowest BCUT2D eigenvalue weighted by Gasteiger charge is -2.14. The van der Waals surface area contributed by atoms with Gasteiger partial charge in [-0.25, -0.2) is 4.39 Å². The molecular weight excluding hydrogens is 309 g/mol. The first kappa shape index (κ1) is 15.1. The van der Waals surface area contributed by atoms with E-state index >= 15 is 0 Å². The fourth-order valence-corrected chi connectivity index (χ4v) is 4.65. The smallest absolute Gasteiger partial charge is 0.126 e. The van der Waals surface area contributed by atoms with Crippen LogP contribution in [0.25, 0.3) is 10.9 Å². The van der Waals surface area contributed by atoms with Crippen LogP contribution < -0.4 is 5.32 Å². The number of aromatic nitrogens is 1. The zero-order chi connectivity index (χ0) is 15.8. The maximum atomic E-state index is 14.0. The molecule has 3 nitrogen and oxygen atoms in total. The molecule has 23 heavy (non-hydrogen) atoms. The highest BCUT2D eigenvalue weighted by atomic mass is 32.2. The lowest BCUT2D eigenvalue weighted by Crippen LogP contribution is -2.14. The number of aromatic amines is 1. The molecule has 0 radical (unpaired) electrons. The summed E-state index contributed by atoms with van der Waals surface area (Å²) in [5.74, 6) is 0.860. The number of nitrogens with zero attached hydrogens (tertiary/aromatic N) is 1. The van der Waals surface area contributed by atoms with Gasteiger partial charge >= 0.3 is 0 Å². The molecule has 1 unspecified atom stereocenters. The van der Waals surface area contributed by atoms with Crippen molar-refractivity contribution in [3.8, 4) is 0 Å². The first-order valence-corrected chi connectivity index (χ1v) is 9.51. The van der Waals surface area contributed by atoms with Crippen LogP contribution in [0.5, 0.6) is 0 Å². The van der Waals surface area contributed by atoms with Crippen LogP contribution in [-0.2, 0) is 0 Å². The molecule has 2 heterocycles. The van der Waals surface area contributed by atoms with Crippen LogP contribution in [0.15, 0.2) is 23.2 Å². The van der Waals surface area contributed by atoms with Gasteiger partial charge < -0.3 is 10.3 Å². The molecule has 0 amide bonds. The molecule has 4 rings (SSSR count). The summed E-state index contributed by atoms with van der Waals surface area (Å²) in [7, 11) is 0. The third-order valence-corrected chi connectivity index (χ3v) is 5.97. The number of hydrogen-bond donors (Lipinski definition) is 2. The molecule has 0 spiro atoms. The van der Waals surface area contributed by atoms with Gasteiger partial charge in [-0.3, -0.25) is 4.99 Å².